The Morgan fingerprint density at radius 3 is 2.65 bits per heavy atom. The minimum absolute atomic E-state index is 0.0334. The molecular weight excluding hydrogens is 410 g/mol. The van der Waals surface area contributed by atoms with Gasteiger partial charge in [0.1, 0.15) is 0 Å². The fourth-order valence-electron chi connectivity index (χ4n) is 4.18. The van der Waals surface area contributed by atoms with Gasteiger partial charge in [0.15, 0.2) is 5.16 Å². The van der Waals surface area contributed by atoms with Crippen LogP contribution in [0.2, 0.25) is 0 Å². The molecule has 2 aromatic heterocycles. The van der Waals surface area contributed by atoms with Gasteiger partial charge < -0.3 is 5.32 Å². The number of para-hydroxylation sites is 1. The highest BCUT2D eigenvalue weighted by atomic mass is 32.2. The molecule has 1 aliphatic carbocycles. The molecule has 0 aliphatic heterocycles. The van der Waals surface area contributed by atoms with Gasteiger partial charge in [0.25, 0.3) is 5.56 Å². The molecule has 3 aromatic rings. The molecule has 1 fully saturated rings. The molecule has 1 aliphatic rings. The molecule has 1 N–H and O–H groups in total. The van der Waals surface area contributed by atoms with Crippen LogP contribution in [0.15, 0.2) is 34.2 Å². The van der Waals surface area contributed by atoms with E-state index in [2.05, 4.69) is 29.4 Å². The van der Waals surface area contributed by atoms with E-state index in [0.717, 1.165) is 24.8 Å². The van der Waals surface area contributed by atoms with Crippen molar-refractivity contribution in [3.63, 3.8) is 0 Å². The first-order chi connectivity index (χ1) is 15.0. The Kier molecular flexibility index (Phi) is 6.65. The summed E-state index contributed by atoms with van der Waals surface area (Å²) >= 11 is 1.39. The Hall–Kier alpha value is -2.35. The number of thioether (sulfide) groups is 1. The summed E-state index contributed by atoms with van der Waals surface area (Å²) < 4.78 is 3.64. The summed E-state index contributed by atoms with van der Waals surface area (Å²) in [6, 6.07) is 7.82. The normalized spacial score (nSPS) is 16.3. The Bertz CT molecular complexity index is 1130. The molecule has 8 heteroatoms. The fourth-order valence-corrected chi connectivity index (χ4v) is 5.04. The minimum atomic E-state index is -0.302. The number of benzene rings is 1. The molecule has 166 valence electrons. The van der Waals surface area contributed by atoms with Gasteiger partial charge in [-0.3, -0.25) is 18.6 Å². The lowest BCUT2D eigenvalue weighted by atomic mass is 9.95. The zero-order valence-electron chi connectivity index (χ0n) is 18.5. The van der Waals surface area contributed by atoms with E-state index >= 15 is 0 Å². The van der Waals surface area contributed by atoms with Crippen molar-refractivity contribution in [2.75, 3.05) is 0 Å². The van der Waals surface area contributed by atoms with Gasteiger partial charge in [0.05, 0.1) is 16.2 Å². The molecule has 1 saturated carbocycles. The number of carbonyl (C=O) groups excluding carboxylic acids is 1. The molecule has 1 aromatic carbocycles. The number of amides is 1. The molecule has 7 nitrogen and oxygen atoms in total. The molecule has 2 heterocycles. The average Bonchev–Trinajstić information content (AvgIpc) is 3.17. The molecule has 1 atom stereocenters. The summed E-state index contributed by atoms with van der Waals surface area (Å²) in [5.74, 6) is 1.04. The van der Waals surface area contributed by atoms with E-state index in [9.17, 15) is 9.59 Å². The molecule has 0 radical (unpaired) electrons. The lowest BCUT2D eigenvalue weighted by Crippen LogP contribution is -2.40. The van der Waals surface area contributed by atoms with Crippen LogP contribution < -0.4 is 10.9 Å². The van der Waals surface area contributed by atoms with Crippen molar-refractivity contribution < 1.29 is 4.79 Å². The van der Waals surface area contributed by atoms with Crippen LogP contribution in [-0.4, -0.2) is 36.4 Å². The molecule has 4 rings (SSSR count). The lowest BCUT2D eigenvalue weighted by molar-refractivity contribution is -0.121. The van der Waals surface area contributed by atoms with E-state index in [-0.39, 0.29) is 22.8 Å². The second-order valence-corrected chi connectivity index (χ2v) is 10.2. The smallest absolute Gasteiger partial charge is 0.262 e. The highest BCUT2D eigenvalue weighted by Gasteiger charge is 2.24. The van der Waals surface area contributed by atoms with E-state index in [4.69, 9.17) is 0 Å². The van der Waals surface area contributed by atoms with Gasteiger partial charge in [0.2, 0.25) is 11.7 Å². The van der Waals surface area contributed by atoms with Crippen molar-refractivity contribution in [1.82, 2.24) is 24.5 Å². The van der Waals surface area contributed by atoms with Crippen molar-refractivity contribution in [2.24, 2.45) is 5.92 Å². The van der Waals surface area contributed by atoms with Crippen molar-refractivity contribution in [1.29, 1.82) is 0 Å². The van der Waals surface area contributed by atoms with Gasteiger partial charge in [-0.2, -0.15) is 0 Å². The molecular formula is C23H31N5O2S. The molecule has 0 saturated heterocycles. The number of aryl methyl sites for hydroxylation is 1. The van der Waals surface area contributed by atoms with Gasteiger partial charge >= 0.3 is 0 Å². The zero-order chi connectivity index (χ0) is 22.0. The fraction of sp³-hybridized carbons (Fsp3) is 0.565. The molecule has 0 spiro atoms. The quantitative estimate of drug-likeness (QED) is 0.560. The van der Waals surface area contributed by atoms with Crippen molar-refractivity contribution in [3.05, 3.63) is 34.6 Å². The number of rotatable bonds is 7. The summed E-state index contributed by atoms with van der Waals surface area (Å²) in [4.78, 5) is 25.9. The maximum atomic E-state index is 13.1. The van der Waals surface area contributed by atoms with Gasteiger partial charge in [-0.1, -0.05) is 57.0 Å². The summed E-state index contributed by atoms with van der Waals surface area (Å²) in [5.41, 5.74) is 0.728. The first kappa shape index (κ1) is 21.9. The van der Waals surface area contributed by atoms with Crippen LogP contribution in [0.1, 0.15) is 59.3 Å². The van der Waals surface area contributed by atoms with Crippen LogP contribution in [0.25, 0.3) is 16.7 Å². The van der Waals surface area contributed by atoms with Gasteiger partial charge in [0, 0.05) is 12.6 Å². The predicted molar refractivity (Wildman–Crippen MR) is 125 cm³/mol. The Morgan fingerprint density at radius 2 is 1.90 bits per heavy atom. The third kappa shape index (κ3) is 4.63. The number of nitrogens with zero attached hydrogens (tertiary/aromatic N) is 4. The maximum Gasteiger partial charge on any atom is 0.262 e. The first-order valence-corrected chi connectivity index (χ1v) is 12.2. The monoisotopic (exact) mass is 441 g/mol. The SMILES string of the molecule is CC(C)CCn1c(=O)c2ccccc2n2c(SC(C)C(=O)NC3CCCCC3)nnc12. The van der Waals surface area contributed by atoms with Crippen LogP contribution in [0.4, 0.5) is 0 Å². The van der Waals surface area contributed by atoms with Crippen LogP contribution >= 0.6 is 11.8 Å². The highest BCUT2D eigenvalue weighted by Crippen LogP contribution is 2.26. The van der Waals surface area contributed by atoms with Crippen LogP contribution in [-0.2, 0) is 11.3 Å². The third-order valence-corrected chi connectivity index (χ3v) is 7.05. The molecule has 1 amide bonds. The summed E-state index contributed by atoms with van der Waals surface area (Å²) in [6.07, 6.45) is 6.62. The number of carbonyl (C=O) groups is 1. The van der Waals surface area contributed by atoms with Crippen molar-refractivity contribution in [2.45, 2.75) is 82.3 Å². The van der Waals surface area contributed by atoms with Gasteiger partial charge in [-0.25, -0.2) is 0 Å². The standard InChI is InChI=1S/C23H31N5O2S/c1-15(2)13-14-27-21(30)18-11-7-8-12-19(18)28-22(27)25-26-23(28)31-16(3)20(29)24-17-9-5-4-6-10-17/h7-8,11-12,15-17H,4-6,9-10,13-14H2,1-3H3,(H,24,29). The van der Waals surface area contributed by atoms with E-state index < -0.39 is 0 Å². The van der Waals surface area contributed by atoms with Crippen molar-refractivity contribution >= 4 is 34.3 Å². The second-order valence-electron chi connectivity index (χ2n) is 8.88. The largest absolute Gasteiger partial charge is 0.352 e. The third-order valence-electron chi connectivity index (χ3n) is 6.01. The Labute approximate surface area is 186 Å². The summed E-state index contributed by atoms with van der Waals surface area (Å²) in [7, 11) is 0. The van der Waals surface area contributed by atoms with Crippen LogP contribution in [0.5, 0.6) is 0 Å². The minimum Gasteiger partial charge on any atom is -0.352 e. The topological polar surface area (TPSA) is 81.3 Å². The molecule has 31 heavy (non-hydrogen) atoms. The average molecular weight is 442 g/mol. The molecule has 1 unspecified atom stereocenters. The van der Waals surface area contributed by atoms with Gasteiger partial charge in [-0.05, 0) is 44.2 Å². The molecule has 0 bridgehead atoms. The first-order valence-electron chi connectivity index (χ1n) is 11.3. The van der Waals surface area contributed by atoms with E-state index in [1.165, 1.54) is 31.0 Å². The van der Waals surface area contributed by atoms with Crippen molar-refractivity contribution in [3.8, 4) is 0 Å². The lowest BCUT2D eigenvalue weighted by Gasteiger charge is -2.24. The Balaban J connectivity index is 1.67. The highest BCUT2D eigenvalue weighted by molar-refractivity contribution is 8.00. The van der Waals surface area contributed by atoms with Crippen LogP contribution in [0, 0.1) is 5.92 Å². The number of hydrogen-bond acceptors (Lipinski definition) is 5. The number of nitrogens with one attached hydrogen (secondary N) is 1. The second kappa shape index (κ2) is 9.42. The van der Waals surface area contributed by atoms with E-state index in [0.29, 0.717) is 28.8 Å². The summed E-state index contributed by atoms with van der Waals surface area (Å²) in [5, 5.41) is 12.9. The van der Waals surface area contributed by atoms with Gasteiger partial charge in [-0.15, -0.1) is 10.2 Å². The number of aromatic nitrogens is 4. The number of fused-ring (bicyclic) bond motifs is 3. The maximum absolute atomic E-state index is 13.1. The number of hydrogen-bond donors (Lipinski definition) is 1. The Morgan fingerprint density at radius 1 is 1.16 bits per heavy atom. The zero-order valence-corrected chi connectivity index (χ0v) is 19.3. The van der Waals surface area contributed by atoms with E-state index in [1.54, 1.807) is 4.57 Å². The van der Waals surface area contributed by atoms with E-state index in [1.807, 2.05) is 35.6 Å². The predicted octanol–water partition coefficient (Wildman–Crippen LogP) is 4.02. The van der Waals surface area contributed by atoms with Crippen LogP contribution in [0.3, 0.4) is 0 Å². The summed E-state index contributed by atoms with van der Waals surface area (Å²) in [6.45, 7) is 6.77.